The summed E-state index contributed by atoms with van der Waals surface area (Å²) >= 11 is 0. The SMILES string of the molecule is CCCNC(=O)N(C)C[C@H]1Oc2cc(C#CCOC)ccc2S(=O)(=O)N([C@H](C)CO)C[C@@H]1C. The third-order valence-electron chi connectivity index (χ3n) is 5.44. The summed E-state index contributed by atoms with van der Waals surface area (Å²) in [6.07, 6.45) is 0.342. The van der Waals surface area contributed by atoms with Gasteiger partial charge in [0.2, 0.25) is 10.0 Å². The summed E-state index contributed by atoms with van der Waals surface area (Å²) in [4.78, 5) is 13.9. The van der Waals surface area contributed by atoms with Crippen LogP contribution in [0.2, 0.25) is 0 Å². The van der Waals surface area contributed by atoms with Crippen molar-refractivity contribution in [1.82, 2.24) is 14.5 Å². The highest BCUT2D eigenvalue weighted by Crippen LogP contribution is 2.34. The van der Waals surface area contributed by atoms with Crippen molar-refractivity contribution in [2.45, 2.75) is 44.2 Å². The number of aliphatic hydroxyl groups excluding tert-OH is 1. The second-order valence-electron chi connectivity index (χ2n) is 8.25. The molecule has 0 bridgehead atoms. The molecule has 0 aliphatic carbocycles. The van der Waals surface area contributed by atoms with Crippen molar-refractivity contribution in [3.05, 3.63) is 23.8 Å². The molecule has 9 nitrogen and oxygen atoms in total. The van der Waals surface area contributed by atoms with Gasteiger partial charge in [-0.05, 0) is 31.5 Å². The van der Waals surface area contributed by atoms with E-state index in [0.29, 0.717) is 12.1 Å². The summed E-state index contributed by atoms with van der Waals surface area (Å²) in [6, 6.07) is 3.86. The molecule has 1 aliphatic rings. The van der Waals surface area contributed by atoms with Crippen LogP contribution in [0.5, 0.6) is 5.75 Å². The van der Waals surface area contributed by atoms with Gasteiger partial charge < -0.3 is 24.8 Å². The van der Waals surface area contributed by atoms with Crippen molar-refractivity contribution in [3.63, 3.8) is 0 Å². The quantitative estimate of drug-likeness (QED) is 0.572. The Kier molecular flexibility index (Phi) is 9.98. The molecule has 2 amide bonds. The van der Waals surface area contributed by atoms with Gasteiger partial charge >= 0.3 is 6.03 Å². The monoisotopic (exact) mass is 481 g/mol. The Labute approximate surface area is 197 Å². The van der Waals surface area contributed by atoms with E-state index >= 15 is 0 Å². The van der Waals surface area contributed by atoms with Gasteiger partial charge in [0.1, 0.15) is 23.4 Å². The molecular weight excluding hydrogens is 446 g/mol. The van der Waals surface area contributed by atoms with Crippen LogP contribution in [0.4, 0.5) is 4.79 Å². The normalized spacial score (nSPS) is 20.8. The lowest BCUT2D eigenvalue weighted by molar-refractivity contribution is 0.0812. The van der Waals surface area contributed by atoms with Gasteiger partial charge in [-0.2, -0.15) is 4.31 Å². The number of hydrogen-bond acceptors (Lipinski definition) is 6. The highest BCUT2D eigenvalue weighted by molar-refractivity contribution is 7.89. The van der Waals surface area contributed by atoms with Gasteiger partial charge in [-0.15, -0.1) is 0 Å². The number of aliphatic hydroxyl groups is 1. The lowest BCUT2D eigenvalue weighted by Gasteiger charge is -2.37. The Bertz CT molecular complexity index is 972. The number of sulfonamides is 1. The predicted molar refractivity (Wildman–Crippen MR) is 126 cm³/mol. The molecule has 0 aromatic heterocycles. The van der Waals surface area contributed by atoms with Crippen LogP contribution in [0, 0.1) is 17.8 Å². The second kappa shape index (κ2) is 12.2. The van der Waals surface area contributed by atoms with E-state index in [0.717, 1.165) is 6.42 Å². The smallest absolute Gasteiger partial charge is 0.317 e. The van der Waals surface area contributed by atoms with E-state index < -0.39 is 22.2 Å². The van der Waals surface area contributed by atoms with Crippen molar-refractivity contribution in [2.75, 3.05) is 47.0 Å². The highest BCUT2D eigenvalue weighted by atomic mass is 32.2. The average molecular weight is 482 g/mol. The largest absolute Gasteiger partial charge is 0.487 e. The molecule has 0 radical (unpaired) electrons. The van der Waals surface area contributed by atoms with Crippen molar-refractivity contribution >= 4 is 16.1 Å². The topological polar surface area (TPSA) is 108 Å². The zero-order valence-corrected chi connectivity index (χ0v) is 20.8. The summed E-state index contributed by atoms with van der Waals surface area (Å²) < 4.78 is 39.4. The number of nitrogens with zero attached hydrogens (tertiary/aromatic N) is 2. The molecule has 10 heteroatoms. The van der Waals surface area contributed by atoms with Gasteiger partial charge in [-0.3, -0.25) is 0 Å². The number of amides is 2. The summed E-state index contributed by atoms with van der Waals surface area (Å²) in [7, 11) is -0.705. The maximum absolute atomic E-state index is 13.5. The van der Waals surface area contributed by atoms with Crippen molar-refractivity contribution in [2.24, 2.45) is 5.92 Å². The molecule has 2 N–H and O–H groups in total. The molecule has 184 valence electrons. The van der Waals surface area contributed by atoms with Gasteiger partial charge in [-0.1, -0.05) is 25.7 Å². The van der Waals surface area contributed by atoms with Gasteiger partial charge in [0.05, 0.1) is 13.2 Å². The first-order valence-corrected chi connectivity index (χ1v) is 12.5. The Morgan fingerprint density at radius 2 is 2.18 bits per heavy atom. The summed E-state index contributed by atoms with van der Waals surface area (Å²) in [6.45, 7) is 6.42. The first-order chi connectivity index (χ1) is 15.6. The van der Waals surface area contributed by atoms with E-state index in [2.05, 4.69) is 17.2 Å². The van der Waals surface area contributed by atoms with Gasteiger partial charge in [0.15, 0.2) is 0 Å². The van der Waals surface area contributed by atoms with Crippen molar-refractivity contribution < 1.29 is 27.8 Å². The zero-order chi connectivity index (χ0) is 24.6. The predicted octanol–water partition coefficient (Wildman–Crippen LogP) is 1.50. The summed E-state index contributed by atoms with van der Waals surface area (Å²) in [5.41, 5.74) is 0.587. The fraction of sp³-hybridized carbons (Fsp3) is 0.609. The van der Waals surface area contributed by atoms with Gasteiger partial charge in [-0.25, -0.2) is 13.2 Å². The number of likely N-dealkylation sites (N-methyl/N-ethyl adjacent to an activating group) is 1. The van der Waals surface area contributed by atoms with E-state index in [-0.39, 0.29) is 48.9 Å². The molecule has 1 aromatic rings. The van der Waals surface area contributed by atoms with Crippen LogP contribution in [0.25, 0.3) is 0 Å². The van der Waals surface area contributed by atoms with E-state index in [9.17, 15) is 18.3 Å². The van der Waals surface area contributed by atoms with Crippen LogP contribution >= 0.6 is 0 Å². The molecule has 33 heavy (non-hydrogen) atoms. The number of fused-ring (bicyclic) bond motifs is 1. The van der Waals surface area contributed by atoms with Crippen LogP contribution in [0.3, 0.4) is 0 Å². The number of nitrogens with one attached hydrogen (secondary N) is 1. The van der Waals surface area contributed by atoms with E-state index in [1.807, 2.05) is 13.8 Å². The number of hydrogen-bond donors (Lipinski definition) is 2. The zero-order valence-electron chi connectivity index (χ0n) is 20.0. The highest BCUT2D eigenvalue weighted by Gasteiger charge is 2.38. The molecular formula is C23H35N3O6S. The molecule has 3 atom stereocenters. The minimum Gasteiger partial charge on any atom is -0.487 e. The Balaban J connectivity index is 2.48. The lowest BCUT2D eigenvalue weighted by atomic mass is 10.0. The third kappa shape index (κ3) is 6.84. The number of carbonyl (C=O) groups is 1. The number of urea groups is 1. The first-order valence-electron chi connectivity index (χ1n) is 11.1. The van der Waals surface area contributed by atoms with E-state index in [1.54, 1.807) is 33.2 Å². The van der Waals surface area contributed by atoms with Crippen LogP contribution in [0.1, 0.15) is 32.8 Å². The summed E-state index contributed by atoms with van der Waals surface area (Å²) in [5.74, 6) is 5.70. The molecule has 2 rings (SSSR count). The fourth-order valence-corrected chi connectivity index (χ4v) is 5.28. The second-order valence-corrected chi connectivity index (χ2v) is 10.1. The van der Waals surface area contributed by atoms with Crippen LogP contribution in [-0.2, 0) is 14.8 Å². The number of methoxy groups -OCH3 is 1. The number of carbonyl (C=O) groups excluding carboxylic acids is 1. The number of benzene rings is 1. The minimum atomic E-state index is -3.93. The molecule has 1 aromatic carbocycles. The third-order valence-corrected chi connectivity index (χ3v) is 7.46. The molecule has 0 saturated carbocycles. The molecule has 0 spiro atoms. The fourth-order valence-electron chi connectivity index (χ4n) is 3.45. The van der Waals surface area contributed by atoms with E-state index in [4.69, 9.17) is 9.47 Å². The van der Waals surface area contributed by atoms with Crippen LogP contribution in [-0.4, -0.2) is 87.9 Å². The van der Waals surface area contributed by atoms with Gasteiger partial charge in [0, 0.05) is 44.8 Å². The summed E-state index contributed by atoms with van der Waals surface area (Å²) in [5, 5.41) is 12.6. The molecule has 1 heterocycles. The van der Waals surface area contributed by atoms with E-state index in [1.165, 1.54) is 15.3 Å². The Morgan fingerprint density at radius 1 is 1.45 bits per heavy atom. The van der Waals surface area contributed by atoms with Crippen LogP contribution in [0.15, 0.2) is 23.1 Å². The van der Waals surface area contributed by atoms with Crippen LogP contribution < -0.4 is 10.1 Å². The number of ether oxygens (including phenoxy) is 2. The molecule has 0 unspecified atom stereocenters. The van der Waals surface area contributed by atoms with Crippen molar-refractivity contribution in [3.8, 4) is 17.6 Å². The minimum absolute atomic E-state index is 0.00933. The molecule has 1 aliphatic heterocycles. The Hall–Kier alpha value is -2.32. The molecule has 0 saturated heterocycles. The lowest BCUT2D eigenvalue weighted by Crippen LogP contribution is -2.51. The average Bonchev–Trinajstić information content (AvgIpc) is 2.79. The maximum Gasteiger partial charge on any atom is 0.317 e. The maximum atomic E-state index is 13.5. The first kappa shape index (κ1) is 26.9. The Morgan fingerprint density at radius 3 is 2.82 bits per heavy atom. The standard InChI is InChI=1S/C23H35N3O6S/c1-6-11-24-23(28)25(4)15-21-17(2)14-26(18(3)16-27)33(29,30)22-10-9-19(8-7-12-31-5)13-20(22)32-21/h9-10,13,17-18,21,27H,6,11-12,14-16H2,1-5H3,(H,24,28)/t17-,18+,21+/m0/s1. The van der Waals surface area contributed by atoms with Gasteiger partial charge in [0.25, 0.3) is 0 Å². The number of rotatable bonds is 7. The van der Waals surface area contributed by atoms with Crippen molar-refractivity contribution in [1.29, 1.82) is 0 Å². The molecule has 0 fully saturated rings.